The summed E-state index contributed by atoms with van der Waals surface area (Å²) in [6.07, 6.45) is -11.5. The molecule has 4 heterocycles. The van der Waals surface area contributed by atoms with Crippen molar-refractivity contribution >= 4 is 52.7 Å². The van der Waals surface area contributed by atoms with Gasteiger partial charge in [-0.1, -0.05) is 72.9 Å². The molecule has 0 bridgehead atoms. The Morgan fingerprint density at radius 3 is 1.95 bits per heavy atom. The van der Waals surface area contributed by atoms with E-state index in [1.54, 1.807) is 19.2 Å². The SMILES string of the molecule is COCCOc1ccc(-c2ccc(-c3nnc(-c4ccc(C(=O)NC5C[C@@H](O)CNC(=O)[C@@H]6[C@@H](O)[C@@H](C)CN6C(=O)[C@H]([C@H](O)CCN)NC(=O)[C@H]([C@H](O)Cc6ccc(O)c(OCCCN)c6)NC(=O)[C@@H]6C[C@@H](O)CN6C(=O)[C@H]([C@@H](C)O)NC5=O)cc4)s3)cc2)cc1. The summed E-state index contributed by atoms with van der Waals surface area (Å²) in [5.41, 5.74) is 15.1. The minimum Gasteiger partial charge on any atom is -0.504 e. The number of carbonyl (C=O) groups is 7. The van der Waals surface area contributed by atoms with Crippen molar-refractivity contribution in [1.82, 2.24) is 46.6 Å². The largest absolute Gasteiger partial charge is 0.504 e. The van der Waals surface area contributed by atoms with E-state index >= 15 is 0 Å². The average Bonchev–Trinajstić information content (AvgIpc) is 1.72. The number of nitrogens with one attached hydrogen (secondary N) is 5. The molecular formula is C62H79N11O17S. The molecule has 490 valence electrons. The number of hydrogen-bond donors (Lipinski definition) is 14. The lowest BCUT2D eigenvalue weighted by atomic mass is 9.98. The number of aromatic nitrogens is 2. The van der Waals surface area contributed by atoms with E-state index < -0.39 is 152 Å². The molecule has 91 heavy (non-hydrogen) atoms. The van der Waals surface area contributed by atoms with Crippen molar-refractivity contribution in [2.45, 2.75) is 119 Å². The lowest BCUT2D eigenvalue weighted by Gasteiger charge is -2.34. The maximum atomic E-state index is 14.7. The lowest BCUT2D eigenvalue weighted by molar-refractivity contribution is -0.147. The summed E-state index contributed by atoms with van der Waals surface area (Å²) >= 11 is 1.30. The standard InChI is InChI=1S/C62H79N11O17S/c1-32-30-73-52(53(32)80)58(85)65-29-40(75)27-43(66-54(81)37-8-12-39(13-9-37)60-71-70-59(91-60)38-10-6-35(7-11-38)36-14-16-42(17-15-36)89-24-23-88-3)55(82)67-49(33(2)74)61(86)72-31-41(76)28-44(72)56(83)68-50(57(84)69-51(62(73)87)46(78)19-21-64)47(79)25-34-5-18-45(77)48(26-34)90-22-4-20-63/h5-18,26,32-33,40-41,43-44,46-47,49-53,74-80H,4,19-25,27-31,63-64H2,1-3H3,(H,65,85)(H,66,81)(H,67,82)(H,68,83)(H,69,84)/t32-,33+,40+,41+,43?,44-,46+,47+,49-,50-,51-,52-,53-/m0/s1. The second-order valence-electron chi connectivity index (χ2n) is 22.8. The zero-order chi connectivity index (χ0) is 65.6. The zero-order valence-corrected chi connectivity index (χ0v) is 51.2. The van der Waals surface area contributed by atoms with Crippen LogP contribution in [0.4, 0.5) is 0 Å². The third-order valence-corrected chi connectivity index (χ3v) is 17.0. The van der Waals surface area contributed by atoms with E-state index in [4.69, 9.17) is 25.7 Å². The Hall–Kier alpha value is -8.23. The van der Waals surface area contributed by atoms with Crippen molar-refractivity contribution < 1.29 is 83.5 Å². The summed E-state index contributed by atoms with van der Waals surface area (Å²) in [5.74, 6) is -7.90. The topological polar surface area (TPSA) is 433 Å². The molecule has 4 aromatic carbocycles. The number of aromatic hydroxyl groups is 1. The molecule has 3 saturated heterocycles. The minimum absolute atomic E-state index is 0.00125. The Bertz CT molecular complexity index is 3320. The highest BCUT2D eigenvalue weighted by atomic mass is 32.1. The quantitative estimate of drug-likeness (QED) is 0.0386. The summed E-state index contributed by atoms with van der Waals surface area (Å²) in [6, 6.07) is 14.7. The van der Waals surface area contributed by atoms with Gasteiger partial charge in [-0.05, 0) is 85.9 Å². The molecule has 0 aliphatic carbocycles. The molecule has 0 radical (unpaired) electrons. The van der Waals surface area contributed by atoms with E-state index in [0.717, 1.165) is 39.2 Å². The Labute approximate surface area is 528 Å². The van der Waals surface area contributed by atoms with Gasteiger partial charge < -0.3 is 97.8 Å². The lowest BCUT2D eigenvalue weighted by Crippen LogP contribution is -2.64. The van der Waals surface area contributed by atoms with Crippen LogP contribution in [0.25, 0.3) is 32.3 Å². The van der Waals surface area contributed by atoms with Crippen LogP contribution in [-0.4, -0.2) is 230 Å². The monoisotopic (exact) mass is 1280 g/mol. The Kier molecular flexibility index (Phi) is 23.9. The molecule has 0 spiro atoms. The fraction of sp³-hybridized carbons (Fsp3) is 0.468. The van der Waals surface area contributed by atoms with Crippen molar-refractivity contribution in [3.63, 3.8) is 0 Å². The van der Waals surface area contributed by atoms with Crippen molar-refractivity contribution in [3.8, 4) is 49.5 Å². The molecule has 3 fully saturated rings. The number of rotatable bonds is 20. The molecule has 16 N–H and O–H groups in total. The number of phenolic OH excluding ortho intramolecular Hbond substituents is 1. The molecule has 1 unspecified atom stereocenters. The second kappa shape index (κ2) is 31.7. The molecule has 0 saturated carbocycles. The Morgan fingerprint density at radius 2 is 1.31 bits per heavy atom. The van der Waals surface area contributed by atoms with Crippen LogP contribution in [0.2, 0.25) is 0 Å². The number of hydrogen-bond acceptors (Lipinski definition) is 22. The number of β-amino-alcohol motifs (C(OH)–C–C–N with tert-alkyl or cyclic N) is 1. The van der Waals surface area contributed by atoms with Crippen LogP contribution in [-0.2, 0) is 39.9 Å². The third kappa shape index (κ3) is 17.2. The minimum atomic E-state index is -2.04. The summed E-state index contributed by atoms with van der Waals surface area (Å²) in [6.45, 7) is 2.27. The number of nitrogens with zero attached hydrogens (tertiary/aromatic N) is 4. The highest BCUT2D eigenvalue weighted by molar-refractivity contribution is 7.17. The van der Waals surface area contributed by atoms with E-state index in [0.29, 0.717) is 35.2 Å². The second-order valence-corrected chi connectivity index (χ2v) is 23.8. The number of carbonyl (C=O) groups excluding carboxylic acids is 7. The van der Waals surface area contributed by atoms with Gasteiger partial charge in [0.2, 0.25) is 35.4 Å². The van der Waals surface area contributed by atoms with Crippen molar-refractivity contribution in [2.24, 2.45) is 17.4 Å². The summed E-state index contributed by atoms with van der Waals surface area (Å²) in [7, 11) is 1.61. The van der Waals surface area contributed by atoms with Crippen LogP contribution in [0, 0.1) is 5.92 Å². The van der Waals surface area contributed by atoms with Gasteiger partial charge in [-0.2, -0.15) is 0 Å². The predicted octanol–water partition coefficient (Wildman–Crippen LogP) is -1.71. The van der Waals surface area contributed by atoms with Gasteiger partial charge in [-0.25, -0.2) is 0 Å². The zero-order valence-electron chi connectivity index (χ0n) is 50.4. The first-order valence-electron chi connectivity index (χ1n) is 29.9. The molecule has 3 aliphatic rings. The number of ether oxygens (including phenoxy) is 3. The highest BCUT2D eigenvalue weighted by Crippen LogP contribution is 2.33. The molecule has 7 amide bonds. The molecule has 28 nitrogen and oxygen atoms in total. The van der Waals surface area contributed by atoms with Crippen LogP contribution in [0.1, 0.15) is 55.5 Å². The maximum absolute atomic E-state index is 14.7. The number of fused-ring (bicyclic) bond motifs is 2. The first-order valence-corrected chi connectivity index (χ1v) is 30.7. The fourth-order valence-corrected chi connectivity index (χ4v) is 11.8. The molecule has 3 aliphatic heterocycles. The van der Waals surface area contributed by atoms with Gasteiger partial charge in [0, 0.05) is 68.6 Å². The molecule has 5 aromatic rings. The number of amides is 7. The number of phenols is 1. The van der Waals surface area contributed by atoms with Gasteiger partial charge in [-0.3, -0.25) is 33.6 Å². The van der Waals surface area contributed by atoms with E-state index in [1.165, 1.54) is 48.6 Å². The van der Waals surface area contributed by atoms with E-state index in [-0.39, 0.29) is 55.3 Å². The normalized spacial score (nSPS) is 24.8. The number of aliphatic hydroxyl groups is 6. The number of methoxy groups -OCH3 is 1. The van der Waals surface area contributed by atoms with Crippen LogP contribution in [0.15, 0.2) is 91.0 Å². The molecule has 13 atom stereocenters. The smallest absolute Gasteiger partial charge is 0.251 e. The molecular weight excluding hydrogens is 1200 g/mol. The fourth-order valence-electron chi connectivity index (χ4n) is 10.9. The van der Waals surface area contributed by atoms with Gasteiger partial charge in [0.15, 0.2) is 11.5 Å². The van der Waals surface area contributed by atoms with Gasteiger partial charge in [-0.15, -0.1) is 10.2 Å². The summed E-state index contributed by atoms with van der Waals surface area (Å²) < 4.78 is 16.4. The molecule has 8 rings (SSSR count). The number of benzene rings is 4. The van der Waals surface area contributed by atoms with Gasteiger partial charge in [0.25, 0.3) is 5.91 Å². The van der Waals surface area contributed by atoms with Crippen LogP contribution < -0.4 is 47.5 Å². The van der Waals surface area contributed by atoms with Gasteiger partial charge in [0.05, 0.1) is 49.8 Å². The first kappa shape index (κ1) is 68.7. The van der Waals surface area contributed by atoms with E-state index in [9.17, 15) is 69.3 Å². The van der Waals surface area contributed by atoms with Gasteiger partial charge >= 0.3 is 0 Å². The summed E-state index contributed by atoms with van der Waals surface area (Å²) in [5, 5.41) is 101. The Balaban J connectivity index is 1.06. The number of aliphatic hydroxyl groups excluding tert-OH is 6. The van der Waals surface area contributed by atoms with Gasteiger partial charge in [0.1, 0.15) is 58.6 Å². The van der Waals surface area contributed by atoms with Crippen molar-refractivity contribution in [2.75, 3.05) is 59.7 Å². The van der Waals surface area contributed by atoms with E-state index in [1.807, 2.05) is 48.5 Å². The maximum Gasteiger partial charge on any atom is 0.251 e. The predicted molar refractivity (Wildman–Crippen MR) is 329 cm³/mol. The van der Waals surface area contributed by atoms with Crippen LogP contribution in [0.3, 0.4) is 0 Å². The van der Waals surface area contributed by atoms with Crippen molar-refractivity contribution in [1.29, 1.82) is 0 Å². The van der Waals surface area contributed by atoms with E-state index in [2.05, 4.69) is 36.8 Å². The molecule has 1 aromatic heterocycles. The van der Waals surface area contributed by atoms with Crippen molar-refractivity contribution in [3.05, 3.63) is 102 Å². The third-order valence-electron chi connectivity index (χ3n) is 16.0. The first-order chi connectivity index (χ1) is 43.6. The average molecular weight is 1280 g/mol. The van der Waals surface area contributed by atoms with Crippen LogP contribution in [0.5, 0.6) is 17.2 Å². The van der Waals surface area contributed by atoms with Crippen LogP contribution >= 0.6 is 11.3 Å². The molecule has 29 heteroatoms. The summed E-state index contributed by atoms with van der Waals surface area (Å²) in [4.78, 5) is 103. The highest BCUT2D eigenvalue weighted by Gasteiger charge is 2.50. The Morgan fingerprint density at radius 1 is 0.692 bits per heavy atom. The number of nitrogens with two attached hydrogens (primary N) is 2.